The second-order valence-electron chi connectivity index (χ2n) is 5.21. The number of benzene rings is 1. The van der Waals surface area contributed by atoms with Gasteiger partial charge in [0.05, 0.1) is 24.2 Å². The molecule has 1 fully saturated rings. The van der Waals surface area contributed by atoms with Crippen molar-refractivity contribution in [3.05, 3.63) is 35.7 Å². The number of nitrogens with two attached hydrogens (primary N) is 1. The molecular formula is C15H18N4O2. The highest BCUT2D eigenvalue weighted by molar-refractivity contribution is 6.08. The van der Waals surface area contributed by atoms with Gasteiger partial charge in [0.25, 0.3) is 5.91 Å². The van der Waals surface area contributed by atoms with Crippen molar-refractivity contribution in [3.63, 3.8) is 0 Å². The second kappa shape index (κ2) is 5.12. The van der Waals surface area contributed by atoms with E-state index in [1.165, 1.54) is 4.90 Å². The highest BCUT2D eigenvalue weighted by Crippen LogP contribution is 2.42. The topological polar surface area (TPSA) is 84.2 Å². The van der Waals surface area contributed by atoms with E-state index in [0.717, 1.165) is 18.5 Å². The van der Waals surface area contributed by atoms with Gasteiger partial charge in [0.1, 0.15) is 5.75 Å². The van der Waals surface area contributed by atoms with Gasteiger partial charge in [-0.15, -0.1) is 0 Å². The molecule has 1 aromatic heterocycles. The number of carbonyl (C=O) groups excluding carboxylic acids is 1. The number of rotatable bonds is 4. The summed E-state index contributed by atoms with van der Waals surface area (Å²) in [5, 5.41) is 7.00. The fourth-order valence-corrected chi connectivity index (χ4v) is 2.39. The van der Waals surface area contributed by atoms with E-state index in [9.17, 15) is 4.79 Å². The highest BCUT2D eigenvalue weighted by atomic mass is 16.5. The first-order valence-corrected chi connectivity index (χ1v) is 6.88. The first kappa shape index (κ1) is 13.5. The van der Waals surface area contributed by atoms with Crippen molar-refractivity contribution in [1.29, 1.82) is 0 Å². The Balaban J connectivity index is 1.90. The van der Waals surface area contributed by atoms with Gasteiger partial charge in [0.2, 0.25) is 0 Å². The van der Waals surface area contributed by atoms with E-state index < -0.39 is 0 Å². The van der Waals surface area contributed by atoms with E-state index >= 15 is 0 Å². The molecule has 1 heterocycles. The van der Waals surface area contributed by atoms with Crippen LogP contribution in [0.25, 0.3) is 0 Å². The number of methoxy groups -OCH3 is 1. The maximum Gasteiger partial charge on any atom is 0.280 e. The molecule has 0 radical (unpaired) electrons. The minimum atomic E-state index is -0.250. The first-order valence-electron chi connectivity index (χ1n) is 6.88. The van der Waals surface area contributed by atoms with Gasteiger partial charge >= 0.3 is 0 Å². The Morgan fingerprint density at radius 2 is 2.14 bits per heavy atom. The number of nitrogen functional groups attached to an aromatic ring is 1. The molecule has 6 nitrogen and oxygen atoms in total. The Kier molecular flexibility index (Phi) is 3.29. The van der Waals surface area contributed by atoms with E-state index in [2.05, 4.69) is 10.2 Å². The number of nitrogens with zero attached hydrogens (tertiary/aromatic N) is 2. The predicted octanol–water partition coefficient (Wildman–Crippen LogP) is 2.15. The Morgan fingerprint density at radius 1 is 1.43 bits per heavy atom. The highest BCUT2D eigenvalue weighted by Gasteiger charge is 2.31. The number of carbonyl (C=O) groups is 1. The Bertz CT molecular complexity index is 676. The Morgan fingerprint density at radius 3 is 2.81 bits per heavy atom. The predicted molar refractivity (Wildman–Crippen MR) is 80.7 cm³/mol. The summed E-state index contributed by atoms with van der Waals surface area (Å²) in [5.74, 6) is 0.806. The molecule has 6 heteroatoms. The van der Waals surface area contributed by atoms with Gasteiger partial charge in [-0.3, -0.25) is 9.89 Å². The molecule has 0 saturated heterocycles. The fraction of sp³-hybridized carbons (Fsp3) is 0.333. The zero-order valence-electron chi connectivity index (χ0n) is 12.1. The molecule has 3 N–H and O–H groups in total. The summed E-state index contributed by atoms with van der Waals surface area (Å²) >= 11 is 0. The van der Waals surface area contributed by atoms with Gasteiger partial charge in [-0.2, -0.15) is 5.10 Å². The Hall–Kier alpha value is -2.50. The van der Waals surface area contributed by atoms with Crippen molar-refractivity contribution < 1.29 is 9.53 Å². The third-order valence-electron chi connectivity index (χ3n) is 3.77. The van der Waals surface area contributed by atoms with E-state index in [4.69, 9.17) is 10.5 Å². The lowest BCUT2D eigenvalue weighted by Gasteiger charge is -2.19. The molecule has 2 aromatic rings. The van der Waals surface area contributed by atoms with Crippen LogP contribution in [0.3, 0.4) is 0 Å². The van der Waals surface area contributed by atoms with Gasteiger partial charge in [0, 0.05) is 13.0 Å². The number of hydrogen-bond acceptors (Lipinski definition) is 4. The summed E-state index contributed by atoms with van der Waals surface area (Å²) < 4.78 is 5.28. The number of nitrogens with one attached hydrogen (secondary N) is 1. The second-order valence-corrected chi connectivity index (χ2v) is 5.21. The molecule has 0 bridgehead atoms. The molecule has 3 rings (SSSR count). The van der Waals surface area contributed by atoms with Gasteiger partial charge in [-0.1, -0.05) is 12.1 Å². The van der Waals surface area contributed by atoms with Crippen LogP contribution in [0.4, 0.5) is 11.4 Å². The van der Waals surface area contributed by atoms with Gasteiger partial charge < -0.3 is 15.4 Å². The number of anilines is 2. The normalized spacial score (nSPS) is 14.0. The minimum Gasteiger partial charge on any atom is -0.495 e. The lowest BCUT2D eigenvalue weighted by Crippen LogP contribution is -2.27. The summed E-state index contributed by atoms with van der Waals surface area (Å²) in [6.45, 7) is 0. The summed E-state index contributed by atoms with van der Waals surface area (Å²) in [7, 11) is 3.26. The smallest absolute Gasteiger partial charge is 0.280 e. The van der Waals surface area contributed by atoms with E-state index in [1.54, 1.807) is 14.2 Å². The van der Waals surface area contributed by atoms with Gasteiger partial charge in [-0.05, 0) is 25.0 Å². The molecule has 0 unspecified atom stereocenters. The van der Waals surface area contributed by atoms with Crippen molar-refractivity contribution >= 4 is 17.3 Å². The van der Waals surface area contributed by atoms with E-state index in [0.29, 0.717) is 23.0 Å². The van der Waals surface area contributed by atoms with Crippen LogP contribution in [0, 0.1) is 0 Å². The molecule has 110 valence electrons. The van der Waals surface area contributed by atoms with Crippen molar-refractivity contribution in [1.82, 2.24) is 10.2 Å². The van der Waals surface area contributed by atoms with Crippen molar-refractivity contribution in [2.45, 2.75) is 18.8 Å². The number of aromatic amines is 1. The molecule has 0 aliphatic heterocycles. The Labute approximate surface area is 122 Å². The van der Waals surface area contributed by atoms with Crippen LogP contribution in [-0.2, 0) is 0 Å². The molecule has 21 heavy (non-hydrogen) atoms. The largest absolute Gasteiger partial charge is 0.495 e. The molecule has 1 saturated carbocycles. The minimum absolute atomic E-state index is 0.250. The van der Waals surface area contributed by atoms with Crippen molar-refractivity contribution in [2.75, 3.05) is 24.8 Å². The molecule has 0 spiro atoms. The van der Waals surface area contributed by atoms with Gasteiger partial charge in [-0.25, -0.2) is 0 Å². The SMILES string of the molecule is COc1ccccc1N(C)C(=O)c1n[nH]c(C2CC2)c1N. The van der Waals surface area contributed by atoms with Crippen molar-refractivity contribution in [2.24, 2.45) is 0 Å². The maximum absolute atomic E-state index is 12.6. The molecule has 1 aromatic carbocycles. The van der Waals surface area contributed by atoms with Crippen LogP contribution >= 0.6 is 0 Å². The molecule has 1 aliphatic rings. The zero-order valence-corrected chi connectivity index (χ0v) is 12.1. The zero-order chi connectivity index (χ0) is 15.0. The average Bonchev–Trinajstić information content (AvgIpc) is 3.28. The quantitative estimate of drug-likeness (QED) is 0.902. The number of aromatic nitrogens is 2. The van der Waals surface area contributed by atoms with Gasteiger partial charge in [0.15, 0.2) is 5.69 Å². The van der Waals surface area contributed by atoms with Crippen LogP contribution < -0.4 is 15.4 Å². The third kappa shape index (κ3) is 2.33. The summed E-state index contributed by atoms with van der Waals surface area (Å²) in [5.41, 5.74) is 8.35. The molecule has 1 amide bonds. The maximum atomic E-state index is 12.6. The number of H-pyrrole nitrogens is 1. The molecule has 1 aliphatic carbocycles. The lowest BCUT2D eigenvalue weighted by molar-refractivity contribution is 0.0988. The lowest BCUT2D eigenvalue weighted by atomic mass is 10.2. The summed E-state index contributed by atoms with van der Waals surface area (Å²) in [6.07, 6.45) is 2.20. The summed E-state index contributed by atoms with van der Waals surface area (Å²) in [6, 6.07) is 7.34. The van der Waals surface area contributed by atoms with Crippen LogP contribution in [0.5, 0.6) is 5.75 Å². The fourth-order valence-electron chi connectivity index (χ4n) is 2.39. The standard InChI is InChI=1S/C15H18N4O2/c1-19(10-5-3-4-6-11(10)21-2)15(20)14-12(16)13(17-18-14)9-7-8-9/h3-6,9H,7-8,16H2,1-2H3,(H,17,18). The van der Waals surface area contributed by atoms with Crippen LogP contribution in [0.1, 0.15) is 34.9 Å². The number of hydrogen-bond donors (Lipinski definition) is 2. The number of para-hydroxylation sites is 2. The monoisotopic (exact) mass is 286 g/mol. The first-order chi connectivity index (χ1) is 10.1. The number of amides is 1. The van der Waals surface area contributed by atoms with Crippen molar-refractivity contribution in [3.8, 4) is 5.75 Å². The summed E-state index contributed by atoms with van der Waals surface area (Å²) in [4.78, 5) is 14.1. The third-order valence-corrected chi connectivity index (χ3v) is 3.77. The molecule has 0 atom stereocenters. The van der Waals surface area contributed by atoms with Crippen LogP contribution in [0.15, 0.2) is 24.3 Å². The van der Waals surface area contributed by atoms with Crippen LogP contribution in [0.2, 0.25) is 0 Å². The van der Waals surface area contributed by atoms with E-state index in [-0.39, 0.29) is 11.6 Å². The van der Waals surface area contributed by atoms with E-state index in [1.807, 2.05) is 24.3 Å². The molecular weight excluding hydrogens is 268 g/mol. The number of ether oxygens (including phenoxy) is 1. The van der Waals surface area contributed by atoms with Crippen LogP contribution in [-0.4, -0.2) is 30.3 Å². The average molecular weight is 286 g/mol.